The van der Waals surface area contributed by atoms with Crippen LogP contribution in [0.25, 0.3) is 15.9 Å². The van der Waals surface area contributed by atoms with Gasteiger partial charge in [-0.2, -0.15) is 0 Å². The molecule has 0 saturated carbocycles. The van der Waals surface area contributed by atoms with Gasteiger partial charge in [-0.1, -0.05) is 11.6 Å². The molecule has 3 heterocycles. The lowest BCUT2D eigenvalue weighted by molar-refractivity contribution is 0.360. The second-order valence-corrected chi connectivity index (χ2v) is 9.47. The highest BCUT2D eigenvalue weighted by Gasteiger charge is 2.18. The maximum absolute atomic E-state index is 12.9. The first-order valence-corrected chi connectivity index (χ1v) is 11.6. The number of nitrogens with one attached hydrogen (secondary N) is 2. The molecule has 31 heavy (non-hydrogen) atoms. The number of aromatic nitrogens is 1. The molecule has 1 aliphatic heterocycles. The molecule has 1 aliphatic rings. The van der Waals surface area contributed by atoms with Gasteiger partial charge in [-0.15, -0.1) is 11.3 Å². The van der Waals surface area contributed by atoms with Crippen LogP contribution in [0.1, 0.15) is 31.4 Å². The molecule has 0 amide bonds. The zero-order chi connectivity index (χ0) is 22.1. The molecule has 0 atom stereocenters. The normalized spacial score (nSPS) is 15.2. The average Bonchev–Trinajstić information content (AvgIpc) is 3.09. The molecule has 2 aromatic heterocycles. The summed E-state index contributed by atoms with van der Waals surface area (Å²) >= 11 is 1.49. The molecular weight excluding hydrogens is 406 g/mol. The molecule has 164 valence electrons. The lowest BCUT2D eigenvalue weighted by Gasteiger charge is -2.25. The van der Waals surface area contributed by atoms with Crippen molar-refractivity contribution in [1.29, 1.82) is 0 Å². The Morgan fingerprint density at radius 3 is 2.74 bits per heavy atom. The molecule has 0 unspecified atom stereocenters. The number of H-pyrrole nitrogens is 1. The number of nitrogen functional groups attached to an aromatic ring is 1. The molecule has 3 aromatic rings. The largest absolute Gasteiger partial charge is 0.397 e. The van der Waals surface area contributed by atoms with E-state index in [0.717, 1.165) is 65.3 Å². The van der Waals surface area contributed by atoms with Crippen molar-refractivity contribution in [3.63, 3.8) is 0 Å². The summed E-state index contributed by atoms with van der Waals surface area (Å²) in [5, 5.41) is 6.39. The van der Waals surface area contributed by atoms with Gasteiger partial charge in [0.15, 0.2) is 0 Å². The minimum Gasteiger partial charge on any atom is -0.397 e. The van der Waals surface area contributed by atoms with Crippen molar-refractivity contribution in [2.75, 3.05) is 49.2 Å². The number of nitrogens with zero attached hydrogens (tertiary/aromatic N) is 2. The first-order chi connectivity index (χ1) is 14.8. The van der Waals surface area contributed by atoms with E-state index < -0.39 is 0 Å². The number of aryl methyl sites for hydroxylation is 1. The van der Waals surface area contributed by atoms with E-state index in [9.17, 15) is 4.79 Å². The van der Waals surface area contributed by atoms with Crippen molar-refractivity contribution in [2.24, 2.45) is 0 Å². The number of hydrogen-bond donors (Lipinski definition) is 3. The van der Waals surface area contributed by atoms with Gasteiger partial charge < -0.3 is 25.8 Å². The van der Waals surface area contributed by atoms with Gasteiger partial charge in [0, 0.05) is 36.4 Å². The van der Waals surface area contributed by atoms with E-state index >= 15 is 0 Å². The van der Waals surface area contributed by atoms with Crippen LogP contribution in [0.15, 0.2) is 40.0 Å². The second kappa shape index (κ2) is 8.77. The van der Waals surface area contributed by atoms with Crippen LogP contribution in [0.5, 0.6) is 0 Å². The topological polar surface area (TPSA) is 77.4 Å². The highest BCUT2D eigenvalue weighted by molar-refractivity contribution is 7.16. The van der Waals surface area contributed by atoms with Gasteiger partial charge in [0.05, 0.1) is 16.9 Å². The second-order valence-electron chi connectivity index (χ2n) is 8.55. The summed E-state index contributed by atoms with van der Waals surface area (Å²) in [6, 6.07) is 8.48. The first-order valence-electron chi connectivity index (χ1n) is 10.7. The molecule has 1 aromatic carbocycles. The quantitative estimate of drug-likeness (QED) is 0.561. The molecule has 1 saturated heterocycles. The van der Waals surface area contributed by atoms with Crippen molar-refractivity contribution in [3.8, 4) is 0 Å². The Balaban J connectivity index is 1.72. The van der Waals surface area contributed by atoms with Crippen molar-refractivity contribution >= 4 is 44.3 Å². The van der Waals surface area contributed by atoms with Gasteiger partial charge in [-0.25, -0.2) is 0 Å². The van der Waals surface area contributed by atoms with Crippen LogP contribution in [0.4, 0.5) is 17.1 Å². The molecular formula is C24H31N5OS. The molecule has 1 fully saturated rings. The number of nitrogens with two attached hydrogens (primary N) is 1. The molecule has 0 aliphatic carbocycles. The maximum atomic E-state index is 12.9. The maximum Gasteiger partial charge on any atom is 0.260 e. The molecule has 4 N–H and O–H groups in total. The minimum atomic E-state index is -0.166. The fraction of sp³-hybridized carbons (Fsp3) is 0.375. The van der Waals surface area contributed by atoms with E-state index in [0.29, 0.717) is 11.3 Å². The van der Waals surface area contributed by atoms with Crippen molar-refractivity contribution < 1.29 is 0 Å². The summed E-state index contributed by atoms with van der Waals surface area (Å²) in [6.07, 6.45) is 1.15. The fourth-order valence-corrected chi connectivity index (χ4v) is 4.90. The van der Waals surface area contributed by atoms with E-state index in [-0.39, 0.29) is 5.56 Å². The Kier molecular flexibility index (Phi) is 6.07. The first kappa shape index (κ1) is 21.5. The van der Waals surface area contributed by atoms with E-state index in [1.165, 1.54) is 17.0 Å². The van der Waals surface area contributed by atoms with E-state index in [2.05, 4.69) is 52.3 Å². The van der Waals surface area contributed by atoms with E-state index in [1.54, 1.807) is 0 Å². The van der Waals surface area contributed by atoms with Crippen LogP contribution in [-0.2, 0) is 0 Å². The number of benzene rings is 1. The van der Waals surface area contributed by atoms with E-state index in [4.69, 9.17) is 5.73 Å². The van der Waals surface area contributed by atoms with Gasteiger partial charge in [0.25, 0.3) is 5.56 Å². The number of pyridine rings is 1. The highest BCUT2D eigenvalue weighted by Crippen LogP contribution is 2.32. The van der Waals surface area contributed by atoms with Crippen LogP contribution in [0.2, 0.25) is 0 Å². The summed E-state index contributed by atoms with van der Waals surface area (Å²) in [5.74, 6) is 0. The summed E-state index contributed by atoms with van der Waals surface area (Å²) in [4.78, 5) is 21.6. The van der Waals surface area contributed by atoms with Gasteiger partial charge in [0.2, 0.25) is 0 Å². The predicted molar refractivity (Wildman–Crippen MR) is 134 cm³/mol. The minimum absolute atomic E-state index is 0.166. The summed E-state index contributed by atoms with van der Waals surface area (Å²) in [7, 11) is 2.18. The summed E-state index contributed by atoms with van der Waals surface area (Å²) < 4.78 is 0. The molecule has 0 spiro atoms. The highest BCUT2D eigenvalue weighted by atomic mass is 32.1. The SMILES string of the molecule is CC(C)=C(Nc1cc(N2CCCN(C)CC2)ccc1C)c1c(N)c2ccsc2[nH]c1=O. The van der Waals surface area contributed by atoms with Crippen molar-refractivity contribution in [3.05, 3.63) is 56.7 Å². The molecule has 7 heteroatoms. The number of hydrogen-bond acceptors (Lipinski definition) is 6. The summed E-state index contributed by atoms with van der Waals surface area (Å²) in [6.45, 7) is 10.3. The number of allylic oxidation sites excluding steroid dienone is 1. The Labute approximate surface area is 187 Å². The lowest BCUT2D eigenvalue weighted by Crippen LogP contribution is -2.28. The third-order valence-corrected chi connectivity index (χ3v) is 6.82. The monoisotopic (exact) mass is 437 g/mol. The smallest absolute Gasteiger partial charge is 0.260 e. The number of rotatable bonds is 4. The Bertz CT molecular complexity index is 1190. The zero-order valence-electron chi connectivity index (χ0n) is 18.7. The predicted octanol–water partition coefficient (Wildman–Crippen LogP) is 4.49. The van der Waals surface area contributed by atoms with Crippen LogP contribution >= 0.6 is 11.3 Å². The molecule has 4 rings (SSSR count). The zero-order valence-corrected chi connectivity index (χ0v) is 19.5. The fourth-order valence-electron chi connectivity index (χ4n) is 4.11. The van der Waals surface area contributed by atoms with Gasteiger partial charge >= 0.3 is 0 Å². The molecule has 0 bridgehead atoms. The Morgan fingerprint density at radius 1 is 1.16 bits per heavy atom. The summed E-state index contributed by atoms with van der Waals surface area (Å²) in [5.41, 5.74) is 12.4. The number of fused-ring (bicyclic) bond motifs is 1. The van der Waals surface area contributed by atoms with Gasteiger partial charge in [-0.05, 0) is 69.9 Å². The van der Waals surface area contributed by atoms with Crippen molar-refractivity contribution in [1.82, 2.24) is 9.88 Å². The number of thiophene rings is 1. The standard InChI is InChI=1S/C24H31N5OS/c1-15(2)22(20-21(25)18-8-13-31-24(18)27-23(20)30)26-19-14-17(7-6-16(19)3)29-10-5-9-28(4)11-12-29/h6-8,13-14,26H,5,9-12H2,1-4H3,(H3,25,27,30). The van der Waals surface area contributed by atoms with Crippen LogP contribution in [0.3, 0.4) is 0 Å². The average molecular weight is 438 g/mol. The van der Waals surface area contributed by atoms with Crippen molar-refractivity contribution in [2.45, 2.75) is 27.2 Å². The van der Waals surface area contributed by atoms with Gasteiger partial charge in [-0.3, -0.25) is 4.79 Å². The number of aromatic amines is 1. The third-order valence-electron chi connectivity index (χ3n) is 5.99. The van der Waals surface area contributed by atoms with Crippen LogP contribution in [0, 0.1) is 6.92 Å². The van der Waals surface area contributed by atoms with Crippen LogP contribution in [-0.4, -0.2) is 43.1 Å². The number of likely N-dealkylation sites (N-methyl/N-ethyl adjacent to an activating group) is 1. The van der Waals surface area contributed by atoms with Crippen LogP contribution < -0.4 is 21.5 Å². The number of anilines is 3. The van der Waals surface area contributed by atoms with Gasteiger partial charge in [0.1, 0.15) is 4.83 Å². The molecule has 0 radical (unpaired) electrons. The molecule has 6 nitrogen and oxygen atoms in total. The van der Waals surface area contributed by atoms with E-state index in [1.807, 2.05) is 25.3 Å². The lowest BCUT2D eigenvalue weighted by atomic mass is 10.0. The Hall–Kier alpha value is -2.77. The Morgan fingerprint density at radius 2 is 1.97 bits per heavy atom. The third kappa shape index (κ3) is 4.34.